The molecule has 1 unspecified atom stereocenters. The normalized spacial score (nSPS) is 18.5. The van der Waals surface area contributed by atoms with Crippen LogP contribution >= 0.6 is 27.3 Å². The minimum Gasteiger partial charge on any atom is -0.331 e. The van der Waals surface area contributed by atoms with Crippen molar-refractivity contribution in [3.63, 3.8) is 0 Å². The Morgan fingerprint density at radius 1 is 1.35 bits per heavy atom. The smallest absolute Gasteiger partial charge is 0.264 e. The third kappa shape index (κ3) is 2.42. The summed E-state index contributed by atoms with van der Waals surface area (Å²) in [5, 5.41) is 1.99. The molecule has 0 N–H and O–H groups in total. The molecule has 0 spiro atoms. The predicted octanol–water partition coefficient (Wildman–Crippen LogP) is 4.80. The molecule has 2 heterocycles. The van der Waals surface area contributed by atoms with E-state index >= 15 is 0 Å². The first-order valence-corrected chi connectivity index (χ1v) is 8.45. The number of hydrogen-bond acceptors (Lipinski definition) is 2. The molecule has 0 aliphatic carbocycles. The number of carbonyl (C=O) groups excluding carboxylic acids is 1. The van der Waals surface area contributed by atoms with Crippen LogP contribution in [-0.2, 0) is 0 Å². The molecule has 0 radical (unpaired) electrons. The predicted molar refractivity (Wildman–Crippen MR) is 86.2 cm³/mol. The van der Waals surface area contributed by atoms with Crippen LogP contribution in [0.15, 0.2) is 40.2 Å². The number of hydrogen-bond donors (Lipinski definition) is 0. The Bertz CT molecular complexity index is 637. The second kappa shape index (κ2) is 5.70. The number of benzene rings is 1. The van der Waals surface area contributed by atoms with Crippen molar-refractivity contribution in [3.8, 4) is 0 Å². The minimum atomic E-state index is 0.177. The number of carbonyl (C=O) groups is 1. The van der Waals surface area contributed by atoms with Crippen molar-refractivity contribution in [1.29, 1.82) is 0 Å². The highest BCUT2D eigenvalue weighted by Crippen LogP contribution is 2.37. The van der Waals surface area contributed by atoms with Crippen molar-refractivity contribution in [2.75, 3.05) is 6.54 Å². The van der Waals surface area contributed by atoms with Gasteiger partial charge in [0.25, 0.3) is 5.91 Å². The van der Waals surface area contributed by atoms with Crippen LogP contribution in [0.5, 0.6) is 0 Å². The van der Waals surface area contributed by atoms with E-state index in [0.29, 0.717) is 0 Å². The molecule has 20 heavy (non-hydrogen) atoms. The zero-order valence-corrected chi connectivity index (χ0v) is 13.7. The molecule has 1 aromatic carbocycles. The molecule has 1 amide bonds. The Labute approximate surface area is 131 Å². The first kappa shape index (κ1) is 13.8. The van der Waals surface area contributed by atoms with Crippen molar-refractivity contribution in [3.05, 3.63) is 56.2 Å². The molecule has 104 valence electrons. The van der Waals surface area contributed by atoms with Gasteiger partial charge in [-0.1, -0.05) is 34.1 Å². The van der Waals surface area contributed by atoms with Gasteiger partial charge in [-0.15, -0.1) is 11.3 Å². The molecule has 1 saturated heterocycles. The molecule has 1 aliphatic rings. The van der Waals surface area contributed by atoms with E-state index in [1.165, 1.54) is 5.56 Å². The summed E-state index contributed by atoms with van der Waals surface area (Å²) in [6.07, 6.45) is 2.11. The molecule has 2 aromatic rings. The van der Waals surface area contributed by atoms with Gasteiger partial charge in [-0.3, -0.25) is 4.79 Å². The lowest BCUT2D eigenvalue weighted by Crippen LogP contribution is -2.30. The van der Waals surface area contributed by atoms with Crippen LogP contribution in [0, 0.1) is 6.92 Å². The van der Waals surface area contributed by atoms with E-state index in [-0.39, 0.29) is 11.9 Å². The summed E-state index contributed by atoms with van der Waals surface area (Å²) in [5.41, 5.74) is 2.30. The summed E-state index contributed by atoms with van der Waals surface area (Å²) in [5.74, 6) is 0.177. The van der Waals surface area contributed by atoms with Crippen LogP contribution < -0.4 is 0 Å². The van der Waals surface area contributed by atoms with E-state index < -0.39 is 0 Å². The second-order valence-electron chi connectivity index (χ2n) is 5.11. The summed E-state index contributed by atoms with van der Waals surface area (Å²) < 4.78 is 1.09. The molecular formula is C16H16BrNOS. The van der Waals surface area contributed by atoms with E-state index in [2.05, 4.69) is 22.0 Å². The van der Waals surface area contributed by atoms with E-state index in [1.54, 1.807) is 11.3 Å². The Morgan fingerprint density at radius 3 is 2.85 bits per heavy atom. The van der Waals surface area contributed by atoms with E-state index in [1.807, 2.05) is 41.5 Å². The van der Waals surface area contributed by atoms with Crippen molar-refractivity contribution >= 4 is 33.2 Å². The second-order valence-corrected chi connectivity index (χ2v) is 6.88. The van der Waals surface area contributed by atoms with Gasteiger partial charge in [-0.2, -0.15) is 0 Å². The number of amides is 1. The summed E-state index contributed by atoms with van der Waals surface area (Å²) in [6, 6.07) is 10.4. The van der Waals surface area contributed by atoms with Crippen LogP contribution in [-0.4, -0.2) is 17.4 Å². The van der Waals surface area contributed by atoms with Crippen molar-refractivity contribution < 1.29 is 4.79 Å². The largest absolute Gasteiger partial charge is 0.331 e. The standard InChI is InChI=1S/C16H16BrNOS/c1-11-8-10-20-15(11)16(19)18-9-4-7-14(18)12-5-2-3-6-13(12)17/h2-3,5-6,8,10,14H,4,7,9H2,1H3. The lowest BCUT2D eigenvalue weighted by molar-refractivity contribution is 0.0739. The van der Waals surface area contributed by atoms with Crippen molar-refractivity contribution in [1.82, 2.24) is 4.90 Å². The van der Waals surface area contributed by atoms with Gasteiger partial charge < -0.3 is 4.90 Å². The molecule has 2 nitrogen and oxygen atoms in total. The van der Waals surface area contributed by atoms with Gasteiger partial charge in [0.2, 0.25) is 0 Å². The van der Waals surface area contributed by atoms with Crippen LogP contribution in [0.1, 0.15) is 39.7 Å². The highest BCUT2D eigenvalue weighted by molar-refractivity contribution is 9.10. The molecule has 1 fully saturated rings. The van der Waals surface area contributed by atoms with Gasteiger partial charge >= 0.3 is 0 Å². The summed E-state index contributed by atoms with van der Waals surface area (Å²) in [7, 11) is 0. The van der Waals surface area contributed by atoms with Gasteiger partial charge in [-0.25, -0.2) is 0 Å². The van der Waals surface area contributed by atoms with Crippen LogP contribution in [0.2, 0.25) is 0 Å². The van der Waals surface area contributed by atoms with Gasteiger partial charge in [-0.05, 0) is 48.4 Å². The number of halogens is 1. The summed E-state index contributed by atoms with van der Waals surface area (Å²) in [4.78, 5) is 15.7. The molecule has 1 aliphatic heterocycles. The SMILES string of the molecule is Cc1ccsc1C(=O)N1CCCC1c1ccccc1Br. The number of nitrogens with zero attached hydrogens (tertiary/aromatic N) is 1. The third-order valence-electron chi connectivity index (χ3n) is 3.83. The topological polar surface area (TPSA) is 20.3 Å². The average Bonchev–Trinajstić information content (AvgIpc) is 3.07. The Morgan fingerprint density at radius 2 is 2.15 bits per heavy atom. The Kier molecular flexibility index (Phi) is 3.94. The molecule has 1 aromatic heterocycles. The van der Waals surface area contributed by atoms with Crippen molar-refractivity contribution in [2.24, 2.45) is 0 Å². The fourth-order valence-electron chi connectivity index (χ4n) is 2.80. The van der Waals surface area contributed by atoms with E-state index in [0.717, 1.165) is 34.3 Å². The zero-order valence-electron chi connectivity index (χ0n) is 11.3. The molecule has 3 rings (SSSR count). The maximum atomic E-state index is 12.7. The molecule has 4 heteroatoms. The van der Waals surface area contributed by atoms with Crippen LogP contribution in [0.25, 0.3) is 0 Å². The fourth-order valence-corrected chi connectivity index (χ4v) is 4.23. The highest BCUT2D eigenvalue weighted by atomic mass is 79.9. The molecule has 0 bridgehead atoms. The Balaban J connectivity index is 1.92. The average molecular weight is 350 g/mol. The molecular weight excluding hydrogens is 334 g/mol. The monoisotopic (exact) mass is 349 g/mol. The maximum absolute atomic E-state index is 12.7. The van der Waals surface area contributed by atoms with E-state index in [9.17, 15) is 4.79 Å². The number of aryl methyl sites for hydroxylation is 1. The lowest BCUT2D eigenvalue weighted by Gasteiger charge is -2.25. The third-order valence-corrected chi connectivity index (χ3v) is 5.56. The quantitative estimate of drug-likeness (QED) is 0.762. The zero-order chi connectivity index (χ0) is 14.1. The molecule has 1 atom stereocenters. The lowest BCUT2D eigenvalue weighted by atomic mass is 10.0. The molecule has 0 saturated carbocycles. The van der Waals surface area contributed by atoms with E-state index in [4.69, 9.17) is 0 Å². The minimum absolute atomic E-state index is 0.177. The van der Waals surface area contributed by atoms with Gasteiger partial charge in [0.05, 0.1) is 10.9 Å². The van der Waals surface area contributed by atoms with Gasteiger partial charge in [0.1, 0.15) is 0 Å². The van der Waals surface area contributed by atoms with Crippen molar-refractivity contribution in [2.45, 2.75) is 25.8 Å². The number of likely N-dealkylation sites (tertiary alicyclic amines) is 1. The summed E-state index contributed by atoms with van der Waals surface area (Å²) in [6.45, 7) is 2.86. The summed E-state index contributed by atoms with van der Waals surface area (Å²) >= 11 is 5.15. The van der Waals surface area contributed by atoms with Crippen LogP contribution in [0.3, 0.4) is 0 Å². The van der Waals surface area contributed by atoms with Gasteiger partial charge in [0.15, 0.2) is 0 Å². The first-order chi connectivity index (χ1) is 9.68. The Hall–Kier alpha value is -1.13. The highest BCUT2D eigenvalue weighted by Gasteiger charge is 2.32. The first-order valence-electron chi connectivity index (χ1n) is 6.78. The van der Waals surface area contributed by atoms with Gasteiger partial charge in [0, 0.05) is 11.0 Å². The maximum Gasteiger partial charge on any atom is 0.264 e. The fraction of sp³-hybridized carbons (Fsp3) is 0.312. The number of rotatable bonds is 2. The number of thiophene rings is 1. The van der Waals surface area contributed by atoms with Crippen LogP contribution in [0.4, 0.5) is 0 Å².